The van der Waals surface area contributed by atoms with Crippen molar-refractivity contribution in [1.82, 2.24) is 19.9 Å². The van der Waals surface area contributed by atoms with Crippen molar-refractivity contribution < 1.29 is 14.3 Å². The number of carbonyl (C=O) groups excluding carboxylic acids is 1. The Bertz CT molecular complexity index is 1220. The standard InChI is InChI=1S/C24H28N6O3S.ClH/c1-15-18(11-25)26-12-19-23(15)29-24(28-19)34-14-22(31)27-17-4-5-20(32-3)21(10-17)33-13-16-6-8-30(2)9-7-16;/h4-5,10,12,16H,6-9,13-14H2,1-3H3,(H,27,31)(H,28,29);1H. The van der Waals surface area contributed by atoms with Crippen LogP contribution in [0.15, 0.2) is 29.6 Å². The van der Waals surface area contributed by atoms with Crippen LogP contribution in [0.3, 0.4) is 0 Å². The van der Waals surface area contributed by atoms with Crippen molar-refractivity contribution in [3.05, 3.63) is 35.7 Å². The lowest BCUT2D eigenvalue weighted by Gasteiger charge is -2.28. The van der Waals surface area contributed by atoms with Gasteiger partial charge in [-0.25, -0.2) is 9.97 Å². The number of halogens is 1. The van der Waals surface area contributed by atoms with Crippen LogP contribution >= 0.6 is 24.2 Å². The van der Waals surface area contributed by atoms with Crippen LogP contribution in [0, 0.1) is 24.2 Å². The Morgan fingerprint density at radius 1 is 1.34 bits per heavy atom. The fourth-order valence-electron chi connectivity index (χ4n) is 3.90. The highest BCUT2D eigenvalue weighted by Crippen LogP contribution is 2.31. The van der Waals surface area contributed by atoms with Gasteiger partial charge in [-0.05, 0) is 58.0 Å². The average Bonchev–Trinajstić information content (AvgIpc) is 3.27. The maximum atomic E-state index is 12.6. The largest absolute Gasteiger partial charge is 0.493 e. The number of carbonyl (C=O) groups is 1. The van der Waals surface area contributed by atoms with Crippen LogP contribution in [0.4, 0.5) is 5.69 Å². The molecular formula is C24H29ClN6O3S. The molecule has 1 amide bonds. The van der Waals surface area contributed by atoms with Gasteiger partial charge in [0, 0.05) is 17.3 Å². The summed E-state index contributed by atoms with van der Waals surface area (Å²) in [5.41, 5.74) is 3.14. The number of imidazole rings is 1. The van der Waals surface area contributed by atoms with E-state index in [1.807, 2.05) is 6.92 Å². The van der Waals surface area contributed by atoms with Crippen molar-refractivity contribution in [2.75, 3.05) is 44.9 Å². The summed E-state index contributed by atoms with van der Waals surface area (Å²) in [5.74, 6) is 1.80. The zero-order chi connectivity index (χ0) is 24.1. The van der Waals surface area contributed by atoms with Gasteiger partial charge in [-0.2, -0.15) is 5.26 Å². The summed E-state index contributed by atoms with van der Waals surface area (Å²) in [5, 5.41) is 12.6. The molecule has 9 nitrogen and oxygen atoms in total. The van der Waals surface area contributed by atoms with E-state index in [-0.39, 0.29) is 24.1 Å². The van der Waals surface area contributed by atoms with Gasteiger partial charge < -0.3 is 24.7 Å². The zero-order valence-corrected chi connectivity index (χ0v) is 21.6. The molecule has 2 N–H and O–H groups in total. The number of methoxy groups -OCH3 is 1. The summed E-state index contributed by atoms with van der Waals surface area (Å²) in [6, 6.07) is 7.46. The van der Waals surface area contributed by atoms with Crippen LogP contribution in [0.5, 0.6) is 11.5 Å². The molecule has 2 aromatic heterocycles. The molecule has 35 heavy (non-hydrogen) atoms. The average molecular weight is 517 g/mol. The van der Waals surface area contributed by atoms with Gasteiger partial charge in [0.1, 0.15) is 11.8 Å². The molecule has 11 heteroatoms. The SMILES string of the molecule is COc1ccc(NC(=O)CSc2nc3c(C)c(C#N)ncc3[nH]2)cc1OCC1CCN(C)CC1.Cl. The number of likely N-dealkylation sites (tertiary alicyclic amines) is 1. The van der Waals surface area contributed by atoms with Gasteiger partial charge in [0.25, 0.3) is 0 Å². The first-order valence-corrected chi connectivity index (χ1v) is 12.1. The second-order valence-corrected chi connectivity index (χ2v) is 9.37. The van der Waals surface area contributed by atoms with Gasteiger partial charge in [0.15, 0.2) is 16.7 Å². The number of anilines is 1. The fraction of sp³-hybridized carbons (Fsp3) is 0.417. The monoisotopic (exact) mass is 516 g/mol. The Kier molecular flexibility index (Phi) is 9.20. The Hall–Kier alpha value is -3.00. The molecule has 1 fully saturated rings. The number of aromatic nitrogens is 3. The molecular weight excluding hydrogens is 488 g/mol. The van der Waals surface area contributed by atoms with Crippen molar-refractivity contribution in [2.45, 2.75) is 24.9 Å². The number of fused-ring (bicyclic) bond motifs is 1. The molecule has 0 unspecified atom stereocenters. The first kappa shape index (κ1) is 26.6. The number of benzene rings is 1. The van der Waals surface area contributed by atoms with Crippen molar-refractivity contribution in [3.8, 4) is 17.6 Å². The van der Waals surface area contributed by atoms with Crippen LogP contribution in [-0.2, 0) is 4.79 Å². The Labute approximate surface area is 215 Å². The van der Waals surface area contributed by atoms with Crippen molar-refractivity contribution in [1.29, 1.82) is 5.26 Å². The number of pyridine rings is 1. The Morgan fingerprint density at radius 2 is 2.11 bits per heavy atom. The van der Waals surface area contributed by atoms with Crippen molar-refractivity contribution in [3.63, 3.8) is 0 Å². The van der Waals surface area contributed by atoms with E-state index >= 15 is 0 Å². The van der Waals surface area contributed by atoms with Crippen LogP contribution in [0.2, 0.25) is 0 Å². The lowest BCUT2D eigenvalue weighted by atomic mass is 9.98. The summed E-state index contributed by atoms with van der Waals surface area (Å²) in [7, 11) is 3.75. The predicted octanol–water partition coefficient (Wildman–Crippen LogP) is 4.02. The minimum atomic E-state index is -0.163. The van der Waals surface area contributed by atoms with Crippen LogP contribution < -0.4 is 14.8 Å². The Balaban J connectivity index is 0.00000342. The first-order chi connectivity index (χ1) is 16.5. The number of aromatic amines is 1. The number of nitriles is 1. The highest BCUT2D eigenvalue weighted by molar-refractivity contribution is 7.99. The number of H-pyrrole nitrogens is 1. The normalized spacial score (nSPS) is 14.2. The second-order valence-electron chi connectivity index (χ2n) is 8.41. The minimum Gasteiger partial charge on any atom is -0.493 e. The molecule has 1 aliphatic heterocycles. The number of nitrogens with one attached hydrogen (secondary N) is 2. The van der Waals surface area contributed by atoms with Gasteiger partial charge in [0.2, 0.25) is 5.91 Å². The summed E-state index contributed by atoms with van der Waals surface area (Å²) < 4.78 is 11.5. The molecule has 3 aromatic rings. The minimum absolute atomic E-state index is 0. The molecule has 186 valence electrons. The number of hydrogen-bond acceptors (Lipinski definition) is 8. The number of ether oxygens (including phenoxy) is 2. The summed E-state index contributed by atoms with van der Waals surface area (Å²) in [6.07, 6.45) is 3.81. The molecule has 0 atom stereocenters. The third-order valence-corrected chi connectivity index (χ3v) is 6.82. The van der Waals surface area contributed by atoms with Gasteiger partial charge in [-0.3, -0.25) is 4.79 Å². The summed E-state index contributed by atoms with van der Waals surface area (Å²) in [6.45, 7) is 4.61. The number of hydrogen-bond donors (Lipinski definition) is 2. The molecule has 0 radical (unpaired) electrons. The quantitative estimate of drug-likeness (QED) is 0.431. The molecule has 0 saturated carbocycles. The summed E-state index contributed by atoms with van der Waals surface area (Å²) >= 11 is 1.29. The molecule has 1 aromatic carbocycles. The van der Waals surface area contributed by atoms with Gasteiger partial charge >= 0.3 is 0 Å². The Morgan fingerprint density at radius 3 is 2.83 bits per heavy atom. The van der Waals surface area contributed by atoms with Crippen LogP contribution in [0.1, 0.15) is 24.1 Å². The van der Waals surface area contributed by atoms with Crippen molar-refractivity contribution >= 4 is 46.8 Å². The molecule has 0 aliphatic carbocycles. The molecule has 0 bridgehead atoms. The van der Waals surface area contributed by atoms with Gasteiger partial charge in [-0.1, -0.05) is 11.8 Å². The second kappa shape index (κ2) is 12.1. The van der Waals surface area contributed by atoms with E-state index < -0.39 is 0 Å². The molecule has 1 aliphatic rings. The highest BCUT2D eigenvalue weighted by atomic mass is 35.5. The zero-order valence-electron chi connectivity index (χ0n) is 20.0. The molecule has 3 heterocycles. The van der Waals surface area contributed by atoms with E-state index in [2.05, 4.69) is 38.3 Å². The first-order valence-electron chi connectivity index (χ1n) is 11.1. The van der Waals surface area contributed by atoms with E-state index in [4.69, 9.17) is 14.7 Å². The van der Waals surface area contributed by atoms with E-state index in [0.717, 1.165) is 37.0 Å². The number of thioether (sulfide) groups is 1. The predicted molar refractivity (Wildman–Crippen MR) is 139 cm³/mol. The fourth-order valence-corrected chi connectivity index (χ4v) is 4.58. The highest BCUT2D eigenvalue weighted by Gasteiger charge is 2.18. The van der Waals surface area contributed by atoms with E-state index in [0.29, 0.717) is 46.1 Å². The van der Waals surface area contributed by atoms with Crippen molar-refractivity contribution in [2.24, 2.45) is 5.92 Å². The van der Waals surface area contributed by atoms with E-state index in [1.54, 1.807) is 31.5 Å². The smallest absolute Gasteiger partial charge is 0.234 e. The maximum absolute atomic E-state index is 12.6. The topological polar surface area (TPSA) is 116 Å². The lowest BCUT2D eigenvalue weighted by Crippen LogP contribution is -2.32. The number of nitrogens with zero attached hydrogens (tertiary/aromatic N) is 4. The van der Waals surface area contributed by atoms with Crippen LogP contribution in [0.25, 0.3) is 11.0 Å². The number of rotatable bonds is 8. The lowest BCUT2D eigenvalue weighted by molar-refractivity contribution is -0.113. The third kappa shape index (κ3) is 6.57. The summed E-state index contributed by atoms with van der Waals surface area (Å²) in [4.78, 5) is 26.7. The molecule has 1 saturated heterocycles. The third-order valence-electron chi connectivity index (χ3n) is 5.95. The molecule has 0 spiro atoms. The number of aryl methyl sites for hydroxylation is 1. The number of amides is 1. The van der Waals surface area contributed by atoms with Gasteiger partial charge in [-0.15, -0.1) is 12.4 Å². The van der Waals surface area contributed by atoms with Gasteiger partial charge in [0.05, 0.1) is 36.7 Å². The van der Waals surface area contributed by atoms with Crippen LogP contribution in [-0.4, -0.2) is 65.4 Å². The maximum Gasteiger partial charge on any atom is 0.234 e. The van der Waals surface area contributed by atoms with E-state index in [9.17, 15) is 4.79 Å². The number of piperidine rings is 1. The van der Waals surface area contributed by atoms with E-state index in [1.165, 1.54) is 11.8 Å². The molecule has 4 rings (SSSR count).